The van der Waals surface area contributed by atoms with Crippen LogP contribution in [0.3, 0.4) is 0 Å². The maximum absolute atomic E-state index is 6.03. The quantitative estimate of drug-likeness (QED) is 0.846. The molecule has 1 aromatic rings. The molecule has 17 heavy (non-hydrogen) atoms. The molecule has 0 bridgehead atoms. The van der Waals surface area contributed by atoms with E-state index in [2.05, 4.69) is 38.1 Å². The zero-order valence-electron chi connectivity index (χ0n) is 10.9. The van der Waals surface area contributed by atoms with Crippen LogP contribution in [0.1, 0.15) is 44.6 Å². The van der Waals surface area contributed by atoms with Crippen molar-refractivity contribution in [1.29, 1.82) is 0 Å². The molecular formula is C15H23NO. The van der Waals surface area contributed by atoms with Crippen LogP contribution in [0.2, 0.25) is 0 Å². The van der Waals surface area contributed by atoms with Gasteiger partial charge in [-0.05, 0) is 42.4 Å². The van der Waals surface area contributed by atoms with Crippen molar-refractivity contribution in [3.8, 4) is 5.75 Å². The summed E-state index contributed by atoms with van der Waals surface area (Å²) in [4.78, 5) is 0. The van der Waals surface area contributed by atoms with Crippen molar-refractivity contribution in [1.82, 2.24) is 0 Å². The Kier molecular flexibility index (Phi) is 4.06. The van der Waals surface area contributed by atoms with Gasteiger partial charge in [0, 0.05) is 6.04 Å². The van der Waals surface area contributed by atoms with Crippen LogP contribution in [-0.2, 0) is 0 Å². The topological polar surface area (TPSA) is 35.2 Å². The molecule has 1 saturated carbocycles. The van der Waals surface area contributed by atoms with Crippen LogP contribution in [0.15, 0.2) is 24.3 Å². The number of ether oxygens (including phenoxy) is 1. The lowest BCUT2D eigenvalue weighted by molar-refractivity contribution is 0.198. The summed E-state index contributed by atoms with van der Waals surface area (Å²) in [6.07, 6.45) is 3.37. The number of benzene rings is 1. The number of hydrogen-bond donors (Lipinski definition) is 1. The highest BCUT2D eigenvalue weighted by Gasteiger charge is 2.37. The van der Waals surface area contributed by atoms with Crippen molar-refractivity contribution in [2.24, 2.45) is 11.7 Å². The Morgan fingerprint density at radius 1 is 1.24 bits per heavy atom. The van der Waals surface area contributed by atoms with E-state index in [1.807, 2.05) is 0 Å². The average molecular weight is 233 g/mol. The van der Waals surface area contributed by atoms with Gasteiger partial charge in [0.05, 0.1) is 6.61 Å². The molecule has 0 heterocycles. The SMILES string of the molecule is CCCOc1ccc(C2CC(N)C2CC)cc1. The first-order chi connectivity index (χ1) is 8.26. The molecule has 1 aliphatic carbocycles. The molecule has 0 radical (unpaired) electrons. The summed E-state index contributed by atoms with van der Waals surface area (Å²) in [6, 6.07) is 8.97. The van der Waals surface area contributed by atoms with E-state index in [0.29, 0.717) is 17.9 Å². The molecule has 3 unspecified atom stereocenters. The second-order valence-electron chi connectivity index (χ2n) is 5.00. The summed E-state index contributed by atoms with van der Waals surface area (Å²) in [6.45, 7) is 5.15. The molecule has 1 fully saturated rings. The zero-order chi connectivity index (χ0) is 12.3. The highest BCUT2D eigenvalue weighted by atomic mass is 16.5. The summed E-state index contributed by atoms with van der Waals surface area (Å²) in [7, 11) is 0. The lowest BCUT2D eigenvalue weighted by Gasteiger charge is -2.42. The average Bonchev–Trinajstić information content (AvgIpc) is 2.35. The van der Waals surface area contributed by atoms with E-state index in [4.69, 9.17) is 10.5 Å². The molecular weight excluding hydrogens is 210 g/mol. The smallest absolute Gasteiger partial charge is 0.119 e. The van der Waals surface area contributed by atoms with E-state index in [1.54, 1.807) is 0 Å². The maximum atomic E-state index is 6.03. The summed E-state index contributed by atoms with van der Waals surface area (Å²) in [5.41, 5.74) is 7.45. The summed E-state index contributed by atoms with van der Waals surface area (Å²) >= 11 is 0. The van der Waals surface area contributed by atoms with E-state index < -0.39 is 0 Å². The lowest BCUT2D eigenvalue weighted by Crippen LogP contribution is -2.45. The predicted molar refractivity (Wildman–Crippen MR) is 71.3 cm³/mol. The van der Waals surface area contributed by atoms with Crippen LogP contribution >= 0.6 is 0 Å². The minimum absolute atomic E-state index is 0.404. The molecule has 0 spiro atoms. The van der Waals surface area contributed by atoms with Crippen LogP contribution in [0.5, 0.6) is 5.75 Å². The third-order valence-electron chi connectivity index (χ3n) is 3.85. The van der Waals surface area contributed by atoms with E-state index in [0.717, 1.165) is 25.2 Å². The van der Waals surface area contributed by atoms with Crippen molar-refractivity contribution in [3.05, 3.63) is 29.8 Å². The van der Waals surface area contributed by atoms with Gasteiger partial charge in [-0.1, -0.05) is 32.4 Å². The van der Waals surface area contributed by atoms with Gasteiger partial charge in [-0.15, -0.1) is 0 Å². The van der Waals surface area contributed by atoms with Crippen LogP contribution in [0.25, 0.3) is 0 Å². The second-order valence-corrected chi connectivity index (χ2v) is 5.00. The predicted octanol–water partition coefficient (Wildman–Crippen LogP) is 3.32. The summed E-state index contributed by atoms with van der Waals surface area (Å²) < 4.78 is 5.59. The molecule has 1 aliphatic rings. The Morgan fingerprint density at radius 3 is 2.47 bits per heavy atom. The minimum Gasteiger partial charge on any atom is -0.494 e. The van der Waals surface area contributed by atoms with E-state index in [1.165, 1.54) is 12.0 Å². The van der Waals surface area contributed by atoms with Gasteiger partial charge < -0.3 is 10.5 Å². The molecule has 1 aromatic carbocycles. The van der Waals surface area contributed by atoms with Crippen molar-refractivity contribution >= 4 is 0 Å². The Hall–Kier alpha value is -1.02. The summed E-state index contributed by atoms with van der Waals surface area (Å²) in [5.74, 6) is 2.31. The largest absolute Gasteiger partial charge is 0.494 e. The van der Waals surface area contributed by atoms with Gasteiger partial charge in [-0.2, -0.15) is 0 Å². The van der Waals surface area contributed by atoms with Crippen LogP contribution in [-0.4, -0.2) is 12.6 Å². The van der Waals surface area contributed by atoms with E-state index in [9.17, 15) is 0 Å². The standard InChI is InChI=1S/C15H23NO/c1-3-9-17-12-7-5-11(6-8-12)14-10-15(16)13(14)4-2/h5-8,13-15H,3-4,9-10,16H2,1-2H3. The van der Waals surface area contributed by atoms with Crippen LogP contribution < -0.4 is 10.5 Å². The Balaban J connectivity index is 1.98. The highest BCUT2D eigenvalue weighted by Crippen LogP contribution is 2.43. The van der Waals surface area contributed by atoms with Gasteiger partial charge in [0.25, 0.3) is 0 Å². The Labute approximate surface area is 104 Å². The van der Waals surface area contributed by atoms with Crippen molar-refractivity contribution in [3.63, 3.8) is 0 Å². The molecule has 94 valence electrons. The molecule has 0 amide bonds. The lowest BCUT2D eigenvalue weighted by atomic mass is 9.65. The molecule has 0 saturated heterocycles. The molecule has 2 rings (SSSR count). The monoisotopic (exact) mass is 233 g/mol. The van der Waals surface area contributed by atoms with Gasteiger partial charge in [0.1, 0.15) is 5.75 Å². The molecule has 0 aromatic heterocycles. The highest BCUT2D eigenvalue weighted by molar-refractivity contribution is 5.31. The maximum Gasteiger partial charge on any atom is 0.119 e. The Morgan fingerprint density at radius 2 is 1.94 bits per heavy atom. The van der Waals surface area contributed by atoms with Gasteiger partial charge >= 0.3 is 0 Å². The van der Waals surface area contributed by atoms with Gasteiger partial charge in [-0.3, -0.25) is 0 Å². The Bertz CT molecular complexity index is 346. The first kappa shape index (κ1) is 12.4. The van der Waals surface area contributed by atoms with Crippen molar-refractivity contribution in [2.45, 2.75) is 45.1 Å². The van der Waals surface area contributed by atoms with Crippen LogP contribution in [0, 0.1) is 5.92 Å². The first-order valence-electron chi connectivity index (χ1n) is 6.74. The minimum atomic E-state index is 0.404. The number of nitrogens with two attached hydrogens (primary N) is 1. The van der Waals surface area contributed by atoms with Gasteiger partial charge in [-0.25, -0.2) is 0 Å². The third-order valence-corrected chi connectivity index (χ3v) is 3.85. The van der Waals surface area contributed by atoms with Gasteiger partial charge in [0.2, 0.25) is 0 Å². The molecule has 0 aliphatic heterocycles. The second kappa shape index (κ2) is 5.54. The molecule has 2 nitrogen and oxygen atoms in total. The summed E-state index contributed by atoms with van der Waals surface area (Å²) in [5, 5.41) is 0. The van der Waals surface area contributed by atoms with Crippen molar-refractivity contribution < 1.29 is 4.74 Å². The fourth-order valence-corrected chi connectivity index (χ4v) is 2.75. The van der Waals surface area contributed by atoms with Gasteiger partial charge in [0.15, 0.2) is 0 Å². The van der Waals surface area contributed by atoms with Crippen LogP contribution in [0.4, 0.5) is 0 Å². The number of rotatable bonds is 5. The molecule has 3 atom stereocenters. The molecule has 2 N–H and O–H groups in total. The van der Waals surface area contributed by atoms with E-state index in [-0.39, 0.29) is 0 Å². The molecule has 2 heteroatoms. The van der Waals surface area contributed by atoms with Crippen molar-refractivity contribution in [2.75, 3.05) is 6.61 Å². The number of hydrogen-bond acceptors (Lipinski definition) is 2. The zero-order valence-corrected chi connectivity index (χ0v) is 10.9. The third kappa shape index (κ3) is 2.63. The fourth-order valence-electron chi connectivity index (χ4n) is 2.75. The normalized spacial score (nSPS) is 27.6. The fraction of sp³-hybridized carbons (Fsp3) is 0.600. The van der Waals surface area contributed by atoms with E-state index >= 15 is 0 Å². The first-order valence-corrected chi connectivity index (χ1v) is 6.74.